The first kappa shape index (κ1) is 12.0. The predicted octanol–water partition coefficient (Wildman–Crippen LogP) is 1.15. The molecule has 1 saturated heterocycles. The van der Waals surface area contributed by atoms with Gasteiger partial charge in [0, 0.05) is 18.9 Å². The Labute approximate surface area is 102 Å². The molecule has 2 heterocycles. The van der Waals surface area contributed by atoms with Gasteiger partial charge in [0.25, 0.3) is 0 Å². The third kappa shape index (κ3) is 2.64. The van der Waals surface area contributed by atoms with Crippen molar-refractivity contribution in [3.05, 3.63) is 29.6 Å². The molecule has 4 nitrogen and oxygen atoms in total. The van der Waals surface area contributed by atoms with Gasteiger partial charge in [-0.25, -0.2) is 0 Å². The summed E-state index contributed by atoms with van der Waals surface area (Å²) in [5.74, 6) is 0.0817. The number of carbonyl (C=O) groups is 1. The van der Waals surface area contributed by atoms with Gasteiger partial charge in [-0.15, -0.1) is 0 Å². The molecular weight excluding hydrogens is 214 g/mol. The normalized spacial score (nSPS) is 23.6. The van der Waals surface area contributed by atoms with E-state index in [2.05, 4.69) is 15.6 Å². The lowest BCUT2D eigenvalue weighted by Gasteiger charge is -2.23. The highest BCUT2D eigenvalue weighted by Crippen LogP contribution is 2.18. The van der Waals surface area contributed by atoms with E-state index in [4.69, 9.17) is 0 Å². The van der Waals surface area contributed by atoms with Crippen LogP contribution in [0.2, 0.25) is 0 Å². The van der Waals surface area contributed by atoms with Crippen molar-refractivity contribution in [3.8, 4) is 0 Å². The second-order valence-corrected chi connectivity index (χ2v) is 4.85. The lowest BCUT2D eigenvalue weighted by molar-refractivity contribution is -0.126. The van der Waals surface area contributed by atoms with Crippen LogP contribution >= 0.6 is 0 Å². The van der Waals surface area contributed by atoms with Crippen LogP contribution in [0.5, 0.6) is 0 Å². The molecule has 0 aromatic carbocycles. The summed E-state index contributed by atoms with van der Waals surface area (Å²) < 4.78 is 0. The molecule has 2 N–H and O–H groups in total. The molecule has 0 aliphatic carbocycles. The van der Waals surface area contributed by atoms with Crippen molar-refractivity contribution in [3.63, 3.8) is 0 Å². The van der Waals surface area contributed by atoms with E-state index in [1.807, 2.05) is 19.9 Å². The van der Waals surface area contributed by atoms with Gasteiger partial charge in [-0.1, -0.05) is 0 Å². The molecule has 4 heteroatoms. The number of hydrogen-bond acceptors (Lipinski definition) is 3. The largest absolute Gasteiger partial charge is 0.350 e. The molecule has 1 aromatic heterocycles. The minimum absolute atomic E-state index is 0.0817. The summed E-state index contributed by atoms with van der Waals surface area (Å²) in [7, 11) is 0. The molecule has 0 radical (unpaired) electrons. The van der Waals surface area contributed by atoms with Crippen LogP contribution in [0.15, 0.2) is 18.5 Å². The smallest absolute Gasteiger partial charge is 0.240 e. The van der Waals surface area contributed by atoms with Gasteiger partial charge < -0.3 is 10.6 Å². The average molecular weight is 233 g/mol. The van der Waals surface area contributed by atoms with Gasteiger partial charge in [-0.2, -0.15) is 0 Å². The van der Waals surface area contributed by atoms with E-state index in [9.17, 15) is 4.79 Å². The standard InChI is InChI=1S/C13H19N3O/c1-10-4-7-14-8-11(10)9-15-12(17)13(2)5-3-6-16-13/h4,7-8,16H,3,5-6,9H2,1-2H3,(H,15,17). The highest BCUT2D eigenvalue weighted by Gasteiger charge is 2.35. The zero-order valence-corrected chi connectivity index (χ0v) is 10.4. The Kier molecular flexibility index (Phi) is 3.43. The fraction of sp³-hybridized carbons (Fsp3) is 0.538. The Hall–Kier alpha value is -1.42. The van der Waals surface area contributed by atoms with E-state index in [1.54, 1.807) is 12.4 Å². The summed E-state index contributed by atoms with van der Waals surface area (Å²) in [6, 6.07) is 1.96. The van der Waals surface area contributed by atoms with E-state index in [0.717, 1.165) is 30.5 Å². The number of amides is 1. The molecule has 0 bridgehead atoms. The molecule has 1 aliphatic rings. The summed E-state index contributed by atoms with van der Waals surface area (Å²) >= 11 is 0. The number of aromatic nitrogens is 1. The number of nitrogens with zero attached hydrogens (tertiary/aromatic N) is 1. The maximum atomic E-state index is 12.1. The summed E-state index contributed by atoms with van der Waals surface area (Å²) in [6.07, 6.45) is 5.54. The number of hydrogen-bond donors (Lipinski definition) is 2. The fourth-order valence-corrected chi connectivity index (χ4v) is 2.14. The van der Waals surface area contributed by atoms with Crippen LogP contribution in [0.1, 0.15) is 30.9 Å². The lowest BCUT2D eigenvalue weighted by Crippen LogP contribution is -2.50. The average Bonchev–Trinajstić information content (AvgIpc) is 2.76. The third-order valence-electron chi connectivity index (χ3n) is 3.46. The number of rotatable bonds is 3. The second-order valence-electron chi connectivity index (χ2n) is 4.85. The van der Waals surface area contributed by atoms with Crippen molar-refractivity contribution in [2.24, 2.45) is 0 Å². The van der Waals surface area contributed by atoms with Crippen LogP contribution in [0.3, 0.4) is 0 Å². The van der Waals surface area contributed by atoms with Gasteiger partial charge in [0.2, 0.25) is 5.91 Å². The molecule has 2 rings (SSSR count). The van der Waals surface area contributed by atoms with Gasteiger partial charge in [-0.3, -0.25) is 9.78 Å². The van der Waals surface area contributed by atoms with Crippen molar-refractivity contribution in [1.82, 2.24) is 15.6 Å². The van der Waals surface area contributed by atoms with Crippen molar-refractivity contribution in [2.45, 2.75) is 38.8 Å². The SMILES string of the molecule is Cc1ccncc1CNC(=O)C1(C)CCCN1. The molecule has 92 valence electrons. The zero-order valence-electron chi connectivity index (χ0n) is 10.4. The summed E-state index contributed by atoms with van der Waals surface area (Å²) in [5.41, 5.74) is 1.84. The van der Waals surface area contributed by atoms with E-state index < -0.39 is 5.54 Å². The van der Waals surface area contributed by atoms with E-state index in [-0.39, 0.29) is 5.91 Å². The minimum atomic E-state index is -0.393. The first-order valence-electron chi connectivity index (χ1n) is 6.05. The highest BCUT2D eigenvalue weighted by atomic mass is 16.2. The quantitative estimate of drug-likeness (QED) is 0.823. The lowest BCUT2D eigenvalue weighted by atomic mass is 9.99. The molecule has 17 heavy (non-hydrogen) atoms. The predicted molar refractivity (Wildman–Crippen MR) is 66.5 cm³/mol. The molecule has 1 fully saturated rings. The van der Waals surface area contributed by atoms with Gasteiger partial charge in [0.15, 0.2) is 0 Å². The number of aryl methyl sites for hydroxylation is 1. The molecule has 1 unspecified atom stereocenters. The Balaban J connectivity index is 1.94. The third-order valence-corrected chi connectivity index (χ3v) is 3.46. The monoisotopic (exact) mass is 233 g/mol. The van der Waals surface area contributed by atoms with E-state index >= 15 is 0 Å². The van der Waals surface area contributed by atoms with Crippen LogP contribution < -0.4 is 10.6 Å². The molecule has 1 aromatic rings. The van der Waals surface area contributed by atoms with Crippen LogP contribution in [0.25, 0.3) is 0 Å². The first-order chi connectivity index (χ1) is 8.12. The van der Waals surface area contributed by atoms with E-state index in [0.29, 0.717) is 6.54 Å². The molecular formula is C13H19N3O. The number of carbonyl (C=O) groups excluding carboxylic acids is 1. The molecule has 1 aliphatic heterocycles. The minimum Gasteiger partial charge on any atom is -0.350 e. The molecule has 1 amide bonds. The van der Waals surface area contributed by atoms with Crippen LogP contribution in [-0.4, -0.2) is 23.0 Å². The van der Waals surface area contributed by atoms with Gasteiger partial charge in [0.1, 0.15) is 0 Å². The Morgan fingerprint density at radius 3 is 3.12 bits per heavy atom. The van der Waals surface area contributed by atoms with Crippen LogP contribution in [0.4, 0.5) is 0 Å². The van der Waals surface area contributed by atoms with Crippen LogP contribution in [0, 0.1) is 6.92 Å². The van der Waals surface area contributed by atoms with Gasteiger partial charge in [0.05, 0.1) is 5.54 Å². The Bertz CT molecular complexity index is 411. The van der Waals surface area contributed by atoms with E-state index in [1.165, 1.54) is 0 Å². The molecule has 1 atom stereocenters. The van der Waals surface area contributed by atoms with Crippen molar-refractivity contribution in [1.29, 1.82) is 0 Å². The maximum absolute atomic E-state index is 12.1. The molecule has 0 spiro atoms. The number of nitrogens with one attached hydrogen (secondary N) is 2. The fourth-order valence-electron chi connectivity index (χ4n) is 2.14. The highest BCUT2D eigenvalue weighted by molar-refractivity contribution is 5.86. The first-order valence-corrected chi connectivity index (χ1v) is 6.05. The topological polar surface area (TPSA) is 54.0 Å². The van der Waals surface area contributed by atoms with Crippen LogP contribution in [-0.2, 0) is 11.3 Å². The van der Waals surface area contributed by atoms with Gasteiger partial charge >= 0.3 is 0 Å². The summed E-state index contributed by atoms with van der Waals surface area (Å²) in [4.78, 5) is 16.1. The summed E-state index contributed by atoms with van der Waals surface area (Å²) in [6.45, 7) is 5.47. The maximum Gasteiger partial charge on any atom is 0.240 e. The number of pyridine rings is 1. The van der Waals surface area contributed by atoms with Crippen molar-refractivity contribution < 1.29 is 4.79 Å². The second kappa shape index (κ2) is 4.84. The van der Waals surface area contributed by atoms with Gasteiger partial charge in [-0.05, 0) is 50.4 Å². The van der Waals surface area contributed by atoms with Crippen molar-refractivity contribution >= 4 is 5.91 Å². The Morgan fingerprint density at radius 2 is 2.47 bits per heavy atom. The summed E-state index contributed by atoms with van der Waals surface area (Å²) in [5, 5.41) is 6.24. The molecule has 0 saturated carbocycles. The Morgan fingerprint density at radius 1 is 1.65 bits per heavy atom. The zero-order chi connectivity index (χ0) is 12.3. The van der Waals surface area contributed by atoms with Crippen molar-refractivity contribution in [2.75, 3.05) is 6.54 Å².